The molecule has 0 saturated carbocycles. The number of carbonyl (C=O) groups is 8. The first-order chi connectivity index (χ1) is 44.8. The van der Waals surface area contributed by atoms with E-state index in [0.29, 0.717) is 45.7 Å². The van der Waals surface area contributed by atoms with Crippen LogP contribution in [-0.2, 0) is 52.9 Å². The van der Waals surface area contributed by atoms with Crippen molar-refractivity contribution in [1.82, 2.24) is 16.4 Å². The second-order valence-corrected chi connectivity index (χ2v) is 22.4. The van der Waals surface area contributed by atoms with Gasteiger partial charge in [-0.1, -0.05) is 142 Å². The molecule has 0 aromatic heterocycles. The summed E-state index contributed by atoms with van der Waals surface area (Å²) < 4.78 is 0. The van der Waals surface area contributed by atoms with Crippen LogP contribution in [0.25, 0.3) is 0 Å². The second-order valence-electron chi connectivity index (χ2n) is 19.2. The normalized spacial score (nSPS) is 11.3. The van der Waals surface area contributed by atoms with E-state index in [-0.39, 0.29) is 24.5 Å². The molecular weight excluding hydrogens is 1270 g/mol. The maximum Gasteiger partial charge on any atom is 0.349 e. The van der Waals surface area contributed by atoms with Crippen LogP contribution in [0, 0.1) is 0 Å². The van der Waals surface area contributed by atoms with Gasteiger partial charge in [0.1, 0.15) is 5.25 Å². The van der Waals surface area contributed by atoms with Crippen molar-refractivity contribution in [2.45, 2.75) is 141 Å². The number of hydroxylamine groups is 3. The summed E-state index contributed by atoms with van der Waals surface area (Å²) >= 11 is 6.97. The Morgan fingerprint density at radius 3 is 0.989 bits per heavy atom. The number of carbonyl (C=O) groups excluding carboxylic acids is 3. The van der Waals surface area contributed by atoms with Gasteiger partial charge < -0.3 is 74.2 Å². The smallest absolute Gasteiger partial charge is 0.349 e. The number of hydrogen-bond donors (Lipinski definition) is 14. The number of nitrogens with one attached hydrogen (secondary N) is 3. The second kappa shape index (κ2) is 71.4. The topological polar surface area (TPSA) is 463 Å². The molecule has 0 spiro atoms. The van der Waals surface area contributed by atoms with Crippen molar-refractivity contribution in [3.05, 3.63) is 164 Å². The molecule has 0 aliphatic rings. The number of hydrogen-bond acceptors (Lipinski definition) is 22. The first kappa shape index (κ1) is 93.0. The van der Waals surface area contributed by atoms with E-state index in [0.717, 1.165) is 166 Å². The zero-order chi connectivity index (χ0) is 69.6. The number of rotatable bonds is 44. The molecule has 25 nitrogen and oxygen atoms in total. The summed E-state index contributed by atoms with van der Waals surface area (Å²) in [6.07, 6.45) is 30.4. The molecule has 0 fully saturated rings. The minimum Gasteiger partial charge on any atom is -0.481 e. The lowest BCUT2D eigenvalue weighted by Crippen LogP contribution is -2.31. The molecule has 0 aliphatic carbocycles. The van der Waals surface area contributed by atoms with Gasteiger partial charge in [0.2, 0.25) is 0 Å². The molecule has 3 aromatic carbocycles. The van der Waals surface area contributed by atoms with E-state index in [1.165, 1.54) is 60.7 Å². The highest BCUT2D eigenvalue weighted by Crippen LogP contribution is 2.34. The number of benzene rings is 3. The summed E-state index contributed by atoms with van der Waals surface area (Å²) in [6.45, 7) is 5.52. The molecule has 528 valence electrons. The summed E-state index contributed by atoms with van der Waals surface area (Å²) in [4.78, 5) is 104. The first-order valence-corrected chi connectivity index (χ1v) is 32.7. The molecule has 0 radical (unpaired) electrons. The summed E-state index contributed by atoms with van der Waals surface area (Å²) in [6, 6.07) is 29.1. The molecule has 0 amide bonds. The zero-order valence-corrected chi connectivity index (χ0v) is 56.0. The number of allylic oxidation sites excluding steroid dienone is 6. The van der Waals surface area contributed by atoms with Gasteiger partial charge in [0.05, 0.1) is 6.42 Å². The van der Waals surface area contributed by atoms with E-state index in [9.17, 15) is 43.5 Å². The number of thioether (sulfide) groups is 2. The lowest BCUT2D eigenvalue weighted by Gasteiger charge is -2.21. The molecule has 3 aromatic rings. The van der Waals surface area contributed by atoms with Crippen LogP contribution in [0.15, 0.2) is 179 Å². The van der Waals surface area contributed by atoms with Crippen molar-refractivity contribution < 1.29 is 85.3 Å². The van der Waals surface area contributed by atoms with Crippen molar-refractivity contribution in [3.63, 3.8) is 0 Å². The van der Waals surface area contributed by atoms with Gasteiger partial charge in [-0.25, -0.2) is 33.6 Å². The van der Waals surface area contributed by atoms with Gasteiger partial charge in [0.25, 0.3) is 0 Å². The molecule has 28 heteroatoms. The van der Waals surface area contributed by atoms with Crippen LogP contribution in [0.5, 0.6) is 0 Å². The van der Waals surface area contributed by atoms with E-state index in [4.69, 9.17) is 53.9 Å². The molecular formula is C66H104N8O17S3. The summed E-state index contributed by atoms with van der Waals surface area (Å²) in [5.41, 5.74) is 34.6. The van der Waals surface area contributed by atoms with Gasteiger partial charge >= 0.3 is 47.8 Å². The fourth-order valence-electron chi connectivity index (χ4n) is 6.63. The van der Waals surface area contributed by atoms with Crippen LogP contribution in [0.3, 0.4) is 0 Å². The molecule has 0 saturated heterocycles. The van der Waals surface area contributed by atoms with Gasteiger partial charge in [-0.05, 0) is 127 Å². The third-order valence-electron chi connectivity index (χ3n) is 11.1. The van der Waals surface area contributed by atoms with Crippen molar-refractivity contribution in [2.75, 3.05) is 52.4 Å². The van der Waals surface area contributed by atoms with Crippen molar-refractivity contribution in [2.24, 2.45) is 28.7 Å². The monoisotopic (exact) mass is 1380 g/mol. The molecule has 2 unspecified atom stereocenters. The molecule has 20 N–H and O–H groups in total. The van der Waals surface area contributed by atoms with Gasteiger partial charge in [-0.2, -0.15) is 16.4 Å². The number of aliphatic carboxylic acids is 5. The van der Waals surface area contributed by atoms with E-state index >= 15 is 0 Å². The minimum atomic E-state index is -1.10. The predicted octanol–water partition coefficient (Wildman–Crippen LogP) is 8.37. The zero-order valence-electron chi connectivity index (χ0n) is 53.5. The molecule has 94 heavy (non-hydrogen) atoms. The third-order valence-corrected chi connectivity index (χ3v) is 13.8. The largest absolute Gasteiger partial charge is 0.481 e. The van der Waals surface area contributed by atoms with Crippen LogP contribution in [0.2, 0.25) is 0 Å². The average Bonchev–Trinajstić information content (AvgIpc) is 0.975. The Hall–Kier alpha value is -7.45. The van der Waals surface area contributed by atoms with Crippen LogP contribution in [-0.4, -0.2) is 142 Å². The van der Waals surface area contributed by atoms with Crippen molar-refractivity contribution in [1.29, 1.82) is 0 Å². The van der Waals surface area contributed by atoms with Gasteiger partial charge in [0, 0.05) is 77.5 Å². The van der Waals surface area contributed by atoms with Crippen molar-refractivity contribution in [3.8, 4) is 0 Å². The maximum atomic E-state index is 12.9. The van der Waals surface area contributed by atoms with Gasteiger partial charge in [-0.3, -0.25) is 4.79 Å². The van der Waals surface area contributed by atoms with Crippen LogP contribution in [0.1, 0.15) is 117 Å². The lowest BCUT2D eigenvalue weighted by atomic mass is 10.2. The molecule has 0 heterocycles. The SMILES string of the molecule is NCCCCCCN.NCCCCCCNOC(=O)/C=C/C=C/C(=O)O.NCCCCCCNOC(=O)/C=C/C=C/C(=O)O.NCCCCCCNOC(=O)C(CC(CC(=O)O)Sc1ccccc1)Sc1ccccc1.O.O=C(O)/C=C/C=C/C(=O)O.Sc1ccccc1.[HH]. The van der Waals surface area contributed by atoms with Crippen molar-refractivity contribution >= 4 is 83.9 Å². The summed E-state index contributed by atoms with van der Waals surface area (Å²) in [7, 11) is 0. The Labute approximate surface area is 568 Å². The number of nitrogens with two attached hydrogens (primary N) is 5. The molecule has 3 rings (SSSR count). The predicted molar refractivity (Wildman–Crippen MR) is 375 cm³/mol. The Morgan fingerprint density at radius 1 is 0.415 bits per heavy atom. The minimum absolute atomic E-state index is 0. The Balaban J connectivity index is -0.000000369. The summed E-state index contributed by atoms with van der Waals surface area (Å²) in [5.74, 6) is -6.73. The highest BCUT2D eigenvalue weighted by atomic mass is 32.2. The molecule has 2 atom stereocenters. The van der Waals surface area contributed by atoms with E-state index in [1.807, 2.05) is 91.0 Å². The number of unbranched alkanes of at least 4 members (excludes halogenated alkanes) is 12. The first-order valence-electron chi connectivity index (χ1n) is 30.5. The standard InChI is InChI=1S/C24H32N2O4S2.2C12H20N2O4.C6H16N2.C6H6O4.C6H6S.H2O.H2/c25-15-9-1-2-10-16-26-30-24(29)22(32-20-13-7-4-8-14-20)17-21(18-23(27)28)31-19-11-5-3-6-12-19;2*13-9-5-1-2-6-10-14-18-12(17)8-4-3-7-11(15)16;7-5-3-1-2-4-6-8;7-5(8)3-1-2-4-6(9)10;7-6-4-2-1-3-5-6;;/h3-8,11-14,21-22,26H,1-2,9-10,15-18,25H2,(H,27,28);2*3-4,7-8,14H,1-2,5-6,9-10,13H2,(H,15,16);1-8H2;1-4H,(H,7,8)(H,9,10);1-5,7H;1H2;1H/b;2*7-3+,8-4+;;3-1+,4-2+;;;. The Kier molecular flexibility index (Phi) is 70.6. The van der Waals surface area contributed by atoms with E-state index < -0.39 is 47.0 Å². The molecule has 0 bridgehead atoms. The van der Waals surface area contributed by atoms with Crippen LogP contribution in [0.4, 0.5) is 0 Å². The van der Waals surface area contributed by atoms with E-state index in [2.05, 4.69) is 38.7 Å². The average molecular weight is 1380 g/mol. The lowest BCUT2D eigenvalue weighted by molar-refractivity contribution is -0.151. The highest BCUT2D eigenvalue weighted by Gasteiger charge is 2.28. The van der Waals surface area contributed by atoms with E-state index in [1.54, 1.807) is 0 Å². The van der Waals surface area contributed by atoms with Crippen LogP contribution < -0.4 is 45.1 Å². The third kappa shape index (κ3) is 73.6. The quantitative estimate of drug-likeness (QED) is 0.00480. The summed E-state index contributed by atoms with van der Waals surface area (Å²) in [5, 5.41) is 41.2. The number of carboxylic acid groups (broad SMARTS) is 5. The van der Waals surface area contributed by atoms with Gasteiger partial charge in [-0.15, -0.1) is 36.2 Å². The number of carboxylic acids is 5. The highest BCUT2D eigenvalue weighted by molar-refractivity contribution is 8.01. The maximum absolute atomic E-state index is 12.9. The van der Waals surface area contributed by atoms with Gasteiger partial charge in [0.15, 0.2) is 0 Å². The Bertz CT molecular complexity index is 2490. The number of thiol groups is 1. The van der Waals surface area contributed by atoms with Crippen LogP contribution >= 0.6 is 36.2 Å². The molecule has 0 aliphatic heterocycles. The fraction of sp³-hybridized carbons (Fsp3) is 0.424. The Morgan fingerprint density at radius 2 is 0.702 bits per heavy atom. The fourth-order valence-corrected chi connectivity index (χ4v) is 9.25.